The number of rotatable bonds is 6. The molecule has 44 heavy (non-hydrogen) atoms. The summed E-state index contributed by atoms with van der Waals surface area (Å²) in [6, 6.07) is 13.2. The summed E-state index contributed by atoms with van der Waals surface area (Å²) < 4.78 is 22.2. The Labute approximate surface area is 248 Å². The van der Waals surface area contributed by atoms with Crippen LogP contribution in [-0.4, -0.2) is 43.6 Å². The Kier molecular flexibility index (Phi) is 6.80. The van der Waals surface area contributed by atoms with Crippen LogP contribution in [0, 0.1) is 0 Å². The first-order chi connectivity index (χ1) is 21.1. The Balaban J connectivity index is 1.14. The van der Waals surface area contributed by atoms with Crippen LogP contribution in [0.3, 0.4) is 0 Å². The summed E-state index contributed by atoms with van der Waals surface area (Å²) in [6.45, 7) is 0. The van der Waals surface area contributed by atoms with Gasteiger partial charge in [-0.3, -0.25) is 19.2 Å². The molecule has 0 fully saturated rings. The highest BCUT2D eigenvalue weighted by molar-refractivity contribution is 7.33. The van der Waals surface area contributed by atoms with Gasteiger partial charge in [0.25, 0.3) is 0 Å². The zero-order valence-corrected chi connectivity index (χ0v) is 23.1. The second-order valence-electron chi connectivity index (χ2n) is 9.68. The second kappa shape index (κ2) is 10.6. The number of ketones is 4. The Morgan fingerprint density at radius 2 is 0.886 bits per heavy atom. The minimum atomic E-state index is -2.76. The highest BCUT2D eigenvalue weighted by Gasteiger charge is 2.35. The molecular weight excluding hydrogens is 591 g/mol. The molecule has 0 heterocycles. The van der Waals surface area contributed by atoms with Crippen LogP contribution in [0.15, 0.2) is 73.2 Å². The largest absolute Gasteiger partial charge is 0.804 e. The third-order valence-electron chi connectivity index (χ3n) is 7.07. The number of hydrogen-bond acceptors (Lipinski definition) is 11. The molecule has 4 N–H and O–H groups in total. The third-order valence-corrected chi connectivity index (χ3v) is 7.65. The Bertz CT molecular complexity index is 1910. The van der Waals surface area contributed by atoms with E-state index in [1.807, 2.05) is 0 Å². The molecule has 0 spiro atoms. The van der Waals surface area contributed by atoms with E-state index in [4.69, 9.17) is 9.05 Å². The van der Waals surface area contributed by atoms with Gasteiger partial charge < -0.3 is 20.4 Å². The fourth-order valence-electron chi connectivity index (χ4n) is 5.14. The maximum absolute atomic E-state index is 13.0. The first-order valence-corrected chi connectivity index (χ1v) is 13.9. The van der Waals surface area contributed by atoms with E-state index in [-0.39, 0.29) is 67.1 Å². The van der Waals surface area contributed by atoms with Crippen LogP contribution in [0.25, 0.3) is 12.2 Å². The lowest BCUT2D eigenvalue weighted by molar-refractivity contribution is 0.0974. The number of hydrogen-bond donors (Lipinski definition) is 4. The van der Waals surface area contributed by atoms with Gasteiger partial charge in [-0.05, 0) is 59.7 Å². The van der Waals surface area contributed by atoms with E-state index in [1.54, 1.807) is 0 Å². The van der Waals surface area contributed by atoms with E-state index >= 15 is 0 Å². The van der Waals surface area contributed by atoms with Crippen molar-refractivity contribution in [3.63, 3.8) is 0 Å². The predicted molar refractivity (Wildman–Crippen MR) is 154 cm³/mol. The molecule has 12 heteroatoms. The average molecular weight is 609 g/mol. The van der Waals surface area contributed by atoms with Gasteiger partial charge in [-0.1, -0.05) is 24.3 Å². The summed E-state index contributed by atoms with van der Waals surface area (Å²) in [4.78, 5) is 51.7. The average Bonchev–Trinajstić information content (AvgIpc) is 2.98. The van der Waals surface area contributed by atoms with Crippen molar-refractivity contribution in [2.24, 2.45) is 0 Å². The Morgan fingerprint density at radius 1 is 0.500 bits per heavy atom. The molecule has 0 aliphatic heterocycles. The molecular formula is C32H18O11P+. The number of phenolic OH excluding ortho intramolecular Hbond substituents is 4. The molecule has 2 aliphatic rings. The SMILES string of the molecule is O=C1c2cccc(O)c2C(=O)c2c(O)cc(C=CO[P+](=O)OC=Cc3cc(O)c4c(c3)C(=O)c3cccc(O)c3C4=O)cc21. The first kappa shape index (κ1) is 28.1. The number of carbonyl (C=O) groups excluding carboxylic acids is 4. The fraction of sp³-hybridized carbons (Fsp3) is 0. The maximum atomic E-state index is 13.0. The first-order valence-electron chi connectivity index (χ1n) is 12.8. The summed E-state index contributed by atoms with van der Waals surface area (Å²) in [5.74, 6) is -4.28. The molecule has 0 saturated heterocycles. The van der Waals surface area contributed by atoms with Crippen molar-refractivity contribution in [1.29, 1.82) is 0 Å². The quantitative estimate of drug-likeness (QED) is 0.140. The second-order valence-corrected chi connectivity index (χ2v) is 10.5. The molecule has 0 saturated carbocycles. The fourth-order valence-corrected chi connectivity index (χ4v) is 5.51. The zero-order chi connectivity index (χ0) is 31.3. The molecule has 2 aliphatic carbocycles. The molecule has 0 radical (unpaired) electrons. The number of benzene rings is 4. The molecule has 4 aromatic rings. The van der Waals surface area contributed by atoms with Crippen LogP contribution in [0.5, 0.6) is 23.0 Å². The van der Waals surface area contributed by atoms with Gasteiger partial charge >= 0.3 is 8.25 Å². The van der Waals surface area contributed by atoms with Gasteiger partial charge in [-0.15, -0.1) is 0 Å². The minimum absolute atomic E-state index is 0.00475. The van der Waals surface area contributed by atoms with E-state index in [1.165, 1.54) is 72.8 Å². The molecule has 0 aromatic heterocycles. The summed E-state index contributed by atoms with van der Waals surface area (Å²) in [6.07, 6.45) is 4.53. The van der Waals surface area contributed by atoms with Crippen molar-refractivity contribution in [3.05, 3.63) is 129 Å². The van der Waals surface area contributed by atoms with Gasteiger partial charge in [0.05, 0.1) is 22.3 Å². The number of carbonyl (C=O) groups is 4. The van der Waals surface area contributed by atoms with Gasteiger partial charge in [0.2, 0.25) is 11.6 Å². The monoisotopic (exact) mass is 609 g/mol. The summed E-state index contributed by atoms with van der Waals surface area (Å²) in [5.41, 5.74) is -0.561. The summed E-state index contributed by atoms with van der Waals surface area (Å²) in [7, 11) is -2.76. The van der Waals surface area contributed by atoms with Crippen molar-refractivity contribution < 1.29 is 53.2 Å². The smallest absolute Gasteiger partial charge is 0.507 e. The van der Waals surface area contributed by atoms with E-state index in [0.717, 1.165) is 12.5 Å². The van der Waals surface area contributed by atoms with E-state index in [9.17, 15) is 44.2 Å². The topological polar surface area (TPSA) is 185 Å². The summed E-state index contributed by atoms with van der Waals surface area (Å²) >= 11 is 0. The molecule has 4 aromatic carbocycles. The molecule has 216 valence electrons. The van der Waals surface area contributed by atoms with Gasteiger partial charge in [-0.25, -0.2) is 9.05 Å². The lowest BCUT2D eigenvalue weighted by Gasteiger charge is -2.19. The van der Waals surface area contributed by atoms with Gasteiger partial charge in [0, 0.05) is 26.8 Å². The maximum Gasteiger partial charge on any atom is 0.804 e. The van der Waals surface area contributed by atoms with Crippen molar-refractivity contribution in [2.45, 2.75) is 0 Å². The van der Waals surface area contributed by atoms with Crippen LogP contribution in [-0.2, 0) is 13.6 Å². The van der Waals surface area contributed by atoms with E-state index in [2.05, 4.69) is 0 Å². The molecule has 11 nitrogen and oxygen atoms in total. The van der Waals surface area contributed by atoms with Gasteiger partial charge in [0.15, 0.2) is 24.1 Å². The van der Waals surface area contributed by atoms with Crippen LogP contribution in [0.2, 0.25) is 0 Å². The Morgan fingerprint density at radius 3 is 1.30 bits per heavy atom. The highest BCUT2D eigenvalue weighted by atomic mass is 31.1. The molecule has 0 bridgehead atoms. The van der Waals surface area contributed by atoms with Crippen molar-refractivity contribution >= 4 is 43.5 Å². The summed E-state index contributed by atoms with van der Waals surface area (Å²) in [5, 5.41) is 41.1. The normalized spacial score (nSPS) is 13.9. The van der Waals surface area contributed by atoms with Crippen LogP contribution >= 0.6 is 8.25 Å². The van der Waals surface area contributed by atoms with Crippen LogP contribution in [0.4, 0.5) is 0 Å². The molecule has 0 atom stereocenters. The lowest BCUT2D eigenvalue weighted by atomic mass is 9.82. The molecule has 0 unspecified atom stereocenters. The number of aromatic hydroxyl groups is 4. The van der Waals surface area contributed by atoms with Crippen molar-refractivity contribution in [3.8, 4) is 23.0 Å². The van der Waals surface area contributed by atoms with Gasteiger partial charge in [-0.2, -0.15) is 0 Å². The molecule has 0 amide bonds. The number of fused-ring (bicyclic) bond motifs is 4. The Hall–Kier alpha value is -6.06. The van der Waals surface area contributed by atoms with Gasteiger partial charge in [0.1, 0.15) is 23.0 Å². The lowest BCUT2D eigenvalue weighted by Crippen LogP contribution is -2.21. The van der Waals surface area contributed by atoms with E-state index in [0.29, 0.717) is 0 Å². The van der Waals surface area contributed by atoms with Crippen molar-refractivity contribution in [1.82, 2.24) is 0 Å². The standard InChI is InChI=1S/C32H17O11P/c33-21-5-1-3-17-25(21)31(39)27-19(29(17)37)11-15(13-23(27)35)7-9-42-44(41)43-10-8-16-12-20-28(24(36)14-16)32(40)26-18(30(20)38)4-2-6-22(26)34/h1-14H,(H3-,33,34,35,36,39,40)/p+1. The van der Waals surface area contributed by atoms with Crippen LogP contribution < -0.4 is 0 Å². The van der Waals surface area contributed by atoms with E-state index < -0.39 is 42.9 Å². The number of phenols is 4. The van der Waals surface area contributed by atoms with Crippen molar-refractivity contribution in [2.75, 3.05) is 0 Å². The minimum Gasteiger partial charge on any atom is -0.507 e. The molecule has 6 rings (SSSR count). The van der Waals surface area contributed by atoms with Crippen LogP contribution in [0.1, 0.15) is 74.8 Å². The highest BCUT2D eigenvalue weighted by Crippen LogP contribution is 2.39. The third kappa shape index (κ3) is 4.57. The zero-order valence-electron chi connectivity index (χ0n) is 22.2. The predicted octanol–water partition coefficient (Wildman–Crippen LogP) is 5.39.